The molecule has 1 aliphatic rings. The first-order chi connectivity index (χ1) is 8.63. The smallest absolute Gasteiger partial charge is 0.0103 e. The molecule has 0 N–H and O–H groups in total. The van der Waals surface area contributed by atoms with Crippen LogP contribution in [0.25, 0.3) is 0 Å². The maximum Gasteiger partial charge on any atom is 0.0103 e. The van der Waals surface area contributed by atoms with Gasteiger partial charge in [-0.3, -0.25) is 0 Å². The van der Waals surface area contributed by atoms with Crippen LogP contribution in [0.1, 0.15) is 60.3 Å². The SMILES string of the molecule is Cc1cc(C)c(C(CBr)C2CCCCC2)c(C)c1. The van der Waals surface area contributed by atoms with Crippen molar-refractivity contribution in [2.75, 3.05) is 5.33 Å². The van der Waals surface area contributed by atoms with Crippen LogP contribution in [-0.4, -0.2) is 5.33 Å². The van der Waals surface area contributed by atoms with Gasteiger partial charge in [-0.15, -0.1) is 0 Å². The van der Waals surface area contributed by atoms with Gasteiger partial charge in [0.05, 0.1) is 0 Å². The molecule has 1 atom stereocenters. The van der Waals surface area contributed by atoms with Crippen LogP contribution in [0.15, 0.2) is 12.1 Å². The fraction of sp³-hybridized carbons (Fsp3) is 0.647. The molecule has 0 nitrogen and oxygen atoms in total. The summed E-state index contributed by atoms with van der Waals surface area (Å²) in [6.45, 7) is 6.77. The van der Waals surface area contributed by atoms with Gasteiger partial charge in [0, 0.05) is 5.33 Å². The van der Waals surface area contributed by atoms with Crippen LogP contribution in [0, 0.1) is 26.7 Å². The molecule has 0 saturated heterocycles. The van der Waals surface area contributed by atoms with Gasteiger partial charge in [0.15, 0.2) is 0 Å². The highest BCUT2D eigenvalue weighted by molar-refractivity contribution is 9.09. The van der Waals surface area contributed by atoms with Gasteiger partial charge in [0.2, 0.25) is 0 Å². The van der Waals surface area contributed by atoms with Crippen molar-refractivity contribution in [1.82, 2.24) is 0 Å². The van der Waals surface area contributed by atoms with Crippen LogP contribution in [-0.2, 0) is 0 Å². The number of aryl methyl sites for hydroxylation is 3. The van der Waals surface area contributed by atoms with Crippen LogP contribution in [0.3, 0.4) is 0 Å². The summed E-state index contributed by atoms with van der Waals surface area (Å²) < 4.78 is 0. The van der Waals surface area contributed by atoms with Crippen molar-refractivity contribution in [2.24, 2.45) is 5.92 Å². The largest absolute Gasteiger partial charge is 0.0921 e. The molecule has 1 aromatic rings. The fourth-order valence-corrected chi connectivity index (χ4v) is 4.60. The van der Waals surface area contributed by atoms with Crippen molar-refractivity contribution in [3.63, 3.8) is 0 Å². The summed E-state index contributed by atoms with van der Waals surface area (Å²) in [6, 6.07) is 4.70. The molecule has 0 aromatic heterocycles. The zero-order valence-electron chi connectivity index (χ0n) is 11.9. The average molecular weight is 309 g/mol. The van der Waals surface area contributed by atoms with Gasteiger partial charge in [0.1, 0.15) is 0 Å². The van der Waals surface area contributed by atoms with Crippen molar-refractivity contribution >= 4 is 15.9 Å². The summed E-state index contributed by atoms with van der Waals surface area (Å²) in [6.07, 6.45) is 7.14. The van der Waals surface area contributed by atoms with Crippen LogP contribution in [0.5, 0.6) is 0 Å². The van der Waals surface area contributed by atoms with Crippen molar-refractivity contribution in [3.8, 4) is 0 Å². The van der Waals surface area contributed by atoms with Crippen molar-refractivity contribution in [1.29, 1.82) is 0 Å². The minimum absolute atomic E-state index is 0.714. The minimum atomic E-state index is 0.714. The van der Waals surface area contributed by atoms with Crippen LogP contribution >= 0.6 is 15.9 Å². The van der Waals surface area contributed by atoms with Gasteiger partial charge < -0.3 is 0 Å². The highest BCUT2D eigenvalue weighted by Gasteiger charge is 2.26. The van der Waals surface area contributed by atoms with E-state index in [1.807, 2.05) is 0 Å². The molecule has 1 saturated carbocycles. The van der Waals surface area contributed by atoms with Gasteiger partial charge in [-0.2, -0.15) is 0 Å². The quantitative estimate of drug-likeness (QED) is 0.631. The molecular formula is C17H25Br. The van der Waals surface area contributed by atoms with E-state index in [9.17, 15) is 0 Å². The summed E-state index contributed by atoms with van der Waals surface area (Å²) in [5.74, 6) is 1.60. The molecule has 2 rings (SSSR count). The van der Waals surface area contributed by atoms with Gasteiger partial charge >= 0.3 is 0 Å². The Morgan fingerprint density at radius 1 is 1.06 bits per heavy atom. The van der Waals surface area contributed by atoms with Crippen molar-refractivity contribution in [2.45, 2.75) is 58.8 Å². The highest BCUT2D eigenvalue weighted by atomic mass is 79.9. The molecule has 1 heteroatoms. The van der Waals surface area contributed by atoms with E-state index in [1.54, 1.807) is 5.56 Å². The number of hydrogen-bond donors (Lipinski definition) is 0. The Morgan fingerprint density at radius 3 is 2.11 bits per heavy atom. The lowest BCUT2D eigenvalue weighted by Gasteiger charge is -2.31. The van der Waals surface area contributed by atoms with E-state index in [1.165, 1.54) is 48.8 Å². The second-order valence-corrected chi connectivity index (χ2v) is 6.62. The van der Waals surface area contributed by atoms with E-state index >= 15 is 0 Å². The second kappa shape index (κ2) is 6.23. The van der Waals surface area contributed by atoms with Crippen LogP contribution in [0.4, 0.5) is 0 Å². The third kappa shape index (κ3) is 2.99. The molecule has 0 spiro atoms. The predicted octanol–water partition coefficient (Wildman–Crippen LogP) is 5.67. The van der Waals surface area contributed by atoms with Gasteiger partial charge in [-0.1, -0.05) is 52.9 Å². The zero-order chi connectivity index (χ0) is 13.1. The Hall–Kier alpha value is -0.300. The van der Waals surface area contributed by atoms with Gasteiger partial charge in [-0.25, -0.2) is 0 Å². The number of alkyl halides is 1. The molecule has 0 aliphatic heterocycles. The number of benzene rings is 1. The van der Waals surface area contributed by atoms with Crippen LogP contribution < -0.4 is 0 Å². The first-order valence-electron chi connectivity index (χ1n) is 7.27. The topological polar surface area (TPSA) is 0 Å². The first-order valence-corrected chi connectivity index (χ1v) is 8.39. The fourth-order valence-electron chi connectivity index (χ4n) is 3.75. The predicted molar refractivity (Wildman–Crippen MR) is 83.8 cm³/mol. The van der Waals surface area contributed by atoms with Crippen molar-refractivity contribution in [3.05, 3.63) is 34.4 Å². The normalized spacial score (nSPS) is 18.9. The first kappa shape index (κ1) is 14.1. The molecule has 1 aromatic carbocycles. The summed E-state index contributed by atoms with van der Waals surface area (Å²) in [5.41, 5.74) is 5.99. The highest BCUT2D eigenvalue weighted by Crippen LogP contribution is 2.39. The Kier molecular flexibility index (Phi) is 4.89. The minimum Gasteiger partial charge on any atom is -0.0921 e. The number of rotatable bonds is 3. The number of hydrogen-bond acceptors (Lipinski definition) is 0. The second-order valence-electron chi connectivity index (χ2n) is 5.97. The maximum absolute atomic E-state index is 3.77. The summed E-state index contributed by atoms with van der Waals surface area (Å²) in [7, 11) is 0. The third-order valence-corrected chi connectivity index (χ3v) is 5.19. The average Bonchev–Trinajstić information content (AvgIpc) is 2.34. The standard InChI is InChI=1S/C17H25Br/c1-12-9-13(2)17(14(3)10-12)16(11-18)15-7-5-4-6-8-15/h9-10,15-16H,4-8,11H2,1-3H3. The van der Waals surface area contributed by atoms with E-state index in [4.69, 9.17) is 0 Å². The lowest BCUT2D eigenvalue weighted by Crippen LogP contribution is -2.19. The lowest BCUT2D eigenvalue weighted by atomic mass is 9.75. The molecule has 0 radical (unpaired) electrons. The van der Waals surface area contributed by atoms with Gasteiger partial charge in [-0.05, 0) is 62.1 Å². The molecule has 0 heterocycles. The summed E-state index contributed by atoms with van der Waals surface area (Å²) in [5, 5.41) is 1.11. The van der Waals surface area contributed by atoms with Crippen molar-refractivity contribution < 1.29 is 0 Å². The van der Waals surface area contributed by atoms with E-state index < -0.39 is 0 Å². The van der Waals surface area contributed by atoms with Crippen LogP contribution in [0.2, 0.25) is 0 Å². The third-order valence-electron chi connectivity index (χ3n) is 4.49. The Labute approximate surface area is 120 Å². The molecule has 1 aliphatic carbocycles. The van der Waals surface area contributed by atoms with E-state index in [0.717, 1.165) is 11.2 Å². The maximum atomic E-state index is 3.77. The van der Waals surface area contributed by atoms with E-state index in [2.05, 4.69) is 48.8 Å². The Balaban J connectivity index is 2.32. The Morgan fingerprint density at radius 2 is 1.61 bits per heavy atom. The molecule has 0 amide bonds. The molecule has 1 fully saturated rings. The molecule has 100 valence electrons. The Bertz CT molecular complexity index is 379. The van der Waals surface area contributed by atoms with E-state index in [-0.39, 0.29) is 0 Å². The van der Waals surface area contributed by atoms with E-state index in [0.29, 0.717) is 5.92 Å². The molecule has 0 bridgehead atoms. The summed E-state index contributed by atoms with van der Waals surface area (Å²) >= 11 is 3.77. The monoisotopic (exact) mass is 308 g/mol. The lowest BCUT2D eigenvalue weighted by molar-refractivity contribution is 0.318. The molecular weight excluding hydrogens is 284 g/mol. The number of halogens is 1. The molecule has 1 unspecified atom stereocenters. The zero-order valence-corrected chi connectivity index (χ0v) is 13.5. The van der Waals surface area contributed by atoms with Gasteiger partial charge in [0.25, 0.3) is 0 Å². The summed E-state index contributed by atoms with van der Waals surface area (Å²) in [4.78, 5) is 0. The molecule has 18 heavy (non-hydrogen) atoms.